The second kappa shape index (κ2) is 2.75. The number of hydrogen-bond acceptors (Lipinski definition) is 1. The van der Waals surface area contributed by atoms with Crippen LogP contribution in [-0.2, 0) is 4.79 Å². The van der Waals surface area contributed by atoms with Crippen molar-refractivity contribution in [1.29, 1.82) is 0 Å². The Hall–Kier alpha value is -0.530. The van der Waals surface area contributed by atoms with Gasteiger partial charge < -0.3 is 5.32 Å². The number of carbonyl (C=O) groups is 1. The van der Waals surface area contributed by atoms with Gasteiger partial charge in [-0.25, -0.2) is 0 Å². The second-order valence-electron chi connectivity index (χ2n) is 4.32. The number of hydrogen-bond donors (Lipinski definition) is 1. The number of rotatable bonds is 1. The summed E-state index contributed by atoms with van der Waals surface area (Å²) in [5, 5.41) is 3.16. The predicted molar refractivity (Wildman–Crippen MR) is 47.7 cm³/mol. The van der Waals surface area contributed by atoms with Gasteiger partial charge in [0.25, 0.3) is 0 Å². The molecule has 2 nitrogen and oxygen atoms in total. The van der Waals surface area contributed by atoms with Gasteiger partial charge in [0.15, 0.2) is 0 Å². The van der Waals surface area contributed by atoms with Crippen molar-refractivity contribution in [3.63, 3.8) is 0 Å². The van der Waals surface area contributed by atoms with Crippen LogP contribution in [0.3, 0.4) is 0 Å². The zero-order chi connectivity index (χ0) is 8.60. The fourth-order valence-electron chi connectivity index (χ4n) is 2.86. The van der Waals surface area contributed by atoms with Crippen LogP contribution in [-0.4, -0.2) is 11.4 Å². The summed E-state index contributed by atoms with van der Waals surface area (Å²) in [6.07, 6.45) is 7.78. The van der Waals surface area contributed by atoms with E-state index in [1.807, 2.05) is 0 Å². The number of carbonyl (C=O) groups excluding carboxylic acids is 1. The highest BCUT2D eigenvalue weighted by molar-refractivity contribution is 5.74. The van der Waals surface area contributed by atoms with Gasteiger partial charge in [0.2, 0.25) is 5.91 Å². The Kier molecular flexibility index (Phi) is 1.85. The standard InChI is InChI=1S/C10H17NO/c1-8(12)11-10-6-3-2-4-9(10)5-7-10/h9H,2-7H2,1H3,(H,11,12)/t9-,10-/m0/s1. The maximum Gasteiger partial charge on any atom is 0.217 e. The minimum atomic E-state index is 0.154. The molecule has 12 heavy (non-hydrogen) atoms. The molecule has 0 aromatic heterocycles. The molecule has 0 aromatic carbocycles. The Morgan fingerprint density at radius 2 is 2.17 bits per heavy atom. The molecule has 0 aliphatic heterocycles. The molecule has 2 rings (SSSR count). The molecule has 0 aromatic rings. The molecule has 2 fully saturated rings. The molecule has 1 amide bonds. The molecular weight excluding hydrogens is 150 g/mol. The fourth-order valence-corrected chi connectivity index (χ4v) is 2.86. The fraction of sp³-hybridized carbons (Fsp3) is 0.900. The minimum absolute atomic E-state index is 0.154. The first-order chi connectivity index (χ1) is 5.73. The van der Waals surface area contributed by atoms with E-state index in [1.165, 1.54) is 38.5 Å². The van der Waals surface area contributed by atoms with Gasteiger partial charge in [-0.1, -0.05) is 12.8 Å². The minimum Gasteiger partial charge on any atom is -0.351 e. The van der Waals surface area contributed by atoms with E-state index < -0.39 is 0 Å². The third-order valence-electron chi connectivity index (χ3n) is 3.57. The van der Waals surface area contributed by atoms with Crippen LogP contribution in [0.1, 0.15) is 45.4 Å². The molecule has 2 heteroatoms. The van der Waals surface area contributed by atoms with Crippen LogP contribution < -0.4 is 5.32 Å². The summed E-state index contributed by atoms with van der Waals surface area (Å²) in [4.78, 5) is 11.0. The maximum absolute atomic E-state index is 11.0. The van der Waals surface area contributed by atoms with Gasteiger partial charge in [-0.15, -0.1) is 0 Å². The summed E-state index contributed by atoms with van der Waals surface area (Å²) >= 11 is 0. The van der Waals surface area contributed by atoms with Gasteiger partial charge in [-0.3, -0.25) is 4.79 Å². The van der Waals surface area contributed by atoms with Gasteiger partial charge in [0.05, 0.1) is 0 Å². The Bertz CT molecular complexity index is 202. The average molecular weight is 167 g/mol. The number of nitrogens with one attached hydrogen (secondary N) is 1. The largest absolute Gasteiger partial charge is 0.351 e. The van der Waals surface area contributed by atoms with E-state index in [-0.39, 0.29) is 11.4 Å². The van der Waals surface area contributed by atoms with Crippen molar-refractivity contribution in [2.45, 2.75) is 51.0 Å². The number of fused-ring (bicyclic) bond motifs is 1. The summed E-state index contributed by atoms with van der Waals surface area (Å²) in [7, 11) is 0. The van der Waals surface area contributed by atoms with Gasteiger partial charge in [0.1, 0.15) is 0 Å². The third-order valence-corrected chi connectivity index (χ3v) is 3.57. The monoisotopic (exact) mass is 167 g/mol. The van der Waals surface area contributed by atoms with Crippen LogP contribution in [0.4, 0.5) is 0 Å². The van der Waals surface area contributed by atoms with Crippen LogP contribution >= 0.6 is 0 Å². The van der Waals surface area contributed by atoms with Gasteiger partial charge in [0, 0.05) is 12.5 Å². The molecule has 1 N–H and O–H groups in total. The Labute approximate surface area is 73.7 Å². The molecule has 2 atom stereocenters. The average Bonchev–Trinajstić information content (AvgIpc) is 1.97. The van der Waals surface area contributed by atoms with Gasteiger partial charge in [-0.2, -0.15) is 0 Å². The third kappa shape index (κ3) is 1.13. The molecule has 0 bridgehead atoms. The Morgan fingerprint density at radius 1 is 1.33 bits per heavy atom. The maximum atomic E-state index is 11.0. The second-order valence-corrected chi connectivity index (χ2v) is 4.32. The summed E-state index contributed by atoms with van der Waals surface area (Å²) in [5.41, 5.74) is 0.240. The van der Waals surface area contributed by atoms with E-state index in [9.17, 15) is 4.79 Å². The van der Waals surface area contributed by atoms with Crippen molar-refractivity contribution >= 4 is 5.91 Å². The van der Waals surface area contributed by atoms with Crippen molar-refractivity contribution in [3.8, 4) is 0 Å². The highest BCUT2D eigenvalue weighted by Gasteiger charge is 2.47. The first kappa shape index (κ1) is 8.09. The molecule has 2 saturated carbocycles. The van der Waals surface area contributed by atoms with Crippen molar-refractivity contribution < 1.29 is 4.79 Å². The van der Waals surface area contributed by atoms with Crippen LogP contribution in [0.25, 0.3) is 0 Å². The number of amides is 1. The van der Waals surface area contributed by atoms with Crippen LogP contribution in [0.5, 0.6) is 0 Å². The molecule has 2 aliphatic carbocycles. The molecule has 0 spiro atoms. The van der Waals surface area contributed by atoms with Crippen LogP contribution in [0, 0.1) is 5.92 Å². The summed E-state index contributed by atoms with van der Waals surface area (Å²) in [6, 6.07) is 0. The smallest absolute Gasteiger partial charge is 0.217 e. The molecule has 0 heterocycles. The molecular formula is C10H17NO. The first-order valence-electron chi connectivity index (χ1n) is 5.02. The molecule has 0 radical (unpaired) electrons. The first-order valence-corrected chi connectivity index (χ1v) is 5.02. The lowest BCUT2D eigenvalue weighted by Gasteiger charge is -2.53. The molecule has 0 unspecified atom stereocenters. The van der Waals surface area contributed by atoms with E-state index >= 15 is 0 Å². The van der Waals surface area contributed by atoms with Gasteiger partial charge in [-0.05, 0) is 31.6 Å². The van der Waals surface area contributed by atoms with Crippen molar-refractivity contribution in [2.75, 3.05) is 0 Å². The van der Waals surface area contributed by atoms with Crippen molar-refractivity contribution in [1.82, 2.24) is 5.32 Å². The SMILES string of the molecule is CC(=O)N[C@]12CCCC[C@H]1CC2. The van der Waals surface area contributed by atoms with Crippen LogP contribution in [0.15, 0.2) is 0 Å². The molecule has 0 saturated heterocycles. The normalized spacial score (nSPS) is 39.6. The lowest BCUT2D eigenvalue weighted by molar-refractivity contribution is -0.124. The lowest BCUT2D eigenvalue weighted by Crippen LogP contribution is -2.60. The summed E-state index contributed by atoms with van der Waals surface area (Å²) < 4.78 is 0. The zero-order valence-electron chi connectivity index (χ0n) is 7.73. The van der Waals surface area contributed by atoms with E-state index in [0.29, 0.717) is 0 Å². The van der Waals surface area contributed by atoms with Crippen molar-refractivity contribution in [3.05, 3.63) is 0 Å². The molecule has 2 aliphatic rings. The lowest BCUT2D eigenvalue weighted by atomic mass is 9.59. The summed E-state index contributed by atoms with van der Waals surface area (Å²) in [5.74, 6) is 0.955. The topological polar surface area (TPSA) is 29.1 Å². The van der Waals surface area contributed by atoms with Crippen LogP contribution in [0.2, 0.25) is 0 Å². The Balaban J connectivity index is 2.02. The highest BCUT2D eigenvalue weighted by atomic mass is 16.1. The van der Waals surface area contributed by atoms with E-state index in [2.05, 4.69) is 5.32 Å². The van der Waals surface area contributed by atoms with Gasteiger partial charge >= 0.3 is 0 Å². The van der Waals surface area contributed by atoms with Crippen molar-refractivity contribution in [2.24, 2.45) is 5.92 Å². The van der Waals surface area contributed by atoms with E-state index in [4.69, 9.17) is 0 Å². The molecule has 68 valence electrons. The Morgan fingerprint density at radius 3 is 2.67 bits per heavy atom. The summed E-state index contributed by atoms with van der Waals surface area (Å²) in [6.45, 7) is 1.64. The zero-order valence-corrected chi connectivity index (χ0v) is 7.73. The quantitative estimate of drug-likeness (QED) is 0.634. The van der Waals surface area contributed by atoms with E-state index in [0.717, 1.165) is 5.92 Å². The predicted octanol–water partition coefficient (Wildman–Crippen LogP) is 1.85. The van der Waals surface area contributed by atoms with E-state index in [1.54, 1.807) is 6.92 Å². The highest BCUT2D eigenvalue weighted by Crippen LogP contribution is 2.48.